The van der Waals surface area contributed by atoms with E-state index in [0.717, 1.165) is 15.0 Å². The van der Waals surface area contributed by atoms with Gasteiger partial charge < -0.3 is 0 Å². The average molecular weight is 189 g/mol. The minimum atomic E-state index is 0.836. The number of hydrogen-bond donors (Lipinski definition) is 0. The van der Waals surface area contributed by atoms with Crippen LogP contribution in [0, 0.1) is 0 Å². The van der Waals surface area contributed by atoms with Crippen molar-refractivity contribution in [2.45, 2.75) is 23.5 Å². The zero-order valence-corrected chi connectivity index (χ0v) is 7.52. The molecule has 0 aromatic carbocycles. The van der Waals surface area contributed by atoms with Crippen LogP contribution >= 0.6 is 0 Å². The van der Waals surface area contributed by atoms with E-state index >= 15 is 0 Å². The van der Waals surface area contributed by atoms with Crippen LogP contribution < -0.4 is 0 Å². The molecule has 0 unspecified atom stereocenters. The summed E-state index contributed by atoms with van der Waals surface area (Å²) in [5.74, 6) is 0. The Morgan fingerprint density at radius 2 is 1.44 bits per heavy atom. The summed E-state index contributed by atoms with van der Waals surface area (Å²) in [6.07, 6.45) is 6.37. The van der Waals surface area contributed by atoms with Crippen molar-refractivity contribution in [3.8, 4) is 0 Å². The van der Waals surface area contributed by atoms with Gasteiger partial charge in [0.15, 0.2) is 0 Å². The molecule has 0 aromatic rings. The van der Waals surface area contributed by atoms with Crippen molar-refractivity contribution in [2.24, 2.45) is 0 Å². The van der Waals surface area contributed by atoms with Crippen LogP contribution in [0.5, 0.6) is 0 Å². The van der Waals surface area contributed by atoms with Gasteiger partial charge in [-0.05, 0) is 0 Å². The summed E-state index contributed by atoms with van der Waals surface area (Å²) in [6.45, 7) is 7.34. The molecule has 0 aromatic heterocycles. The summed E-state index contributed by atoms with van der Waals surface area (Å²) in [5.41, 5.74) is 0. The standard InChI is InChI=1S/C8H14Se/c1-3-5-7-9-8-6-4-2/h3-4H,1-2,5-8H2. The van der Waals surface area contributed by atoms with Gasteiger partial charge in [0, 0.05) is 0 Å². The van der Waals surface area contributed by atoms with E-state index in [1.54, 1.807) is 0 Å². The van der Waals surface area contributed by atoms with Crippen molar-refractivity contribution in [2.75, 3.05) is 0 Å². The molecule has 0 spiro atoms. The summed E-state index contributed by atoms with van der Waals surface area (Å²) < 4.78 is 0. The van der Waals surface area contributed by atoms with Crippen LogP contribution in [-0.4, -0.2) is 15.0 Å². The Kier molecular flexibility index (Phi) is 8.00. The fourth-order valence-corrected chi connectivity index (χ4v) is 2.26. The van der Waals surface area contributed by atoms with Crippen LogP contribution in [0.3, 0.4) is 0 Å². The summed E-state index contributed by atoms with van der Waals surface area (Å²) in [7, 11) is 0. The van der Waals surface area contributed by atoms with Gasteiger partial charge >= 0.3 is 63.7 Å². The maximum atomic E-state index is 3.67. The first-order chi connectivity index (χ1) is 4.41. The first-order valence-corrected chi connectivity index (χ1v) is 5.63. The molecule has 0 atom stereocenters. The van der Waals surface area contributed by atoms with E-state index in [9.17, 15) is 0 Å². The second-order valence-electron chi connectivity index (χ2n) is 1.77. The van der Waals surface area contributed by atoms with E-state index in [2.05, 4.69) is 13.2 Å². The molecule has 0 saturated carbocycles. The molecule has 0 rings (SSSR count). The van der Waals surface area contributed by atoms with Crippen LogP contribution in [0.15, 0.2) is 25.3 Å². The van der Waals surface area contributed by atoms with Crippen LogP contribution in [0.1, 0.15) is 12.8 Å². The van der Waals surface area contributed by atoms with E-state index in [1.807, 2.05) is 12.2 Å². The van der Waals surface area contributed by atoms with Gasteiger partial charge in [0.2, 0.25) is 0 Å². The third-order valence-corrected chi connectivity index (χ3v) is 3.13. The predicted octanol–water partition coefficient (Wildman–Crippen LogP) is 2.68. The Hall–Kier alpha value is -0.000519. The fraction of sp³-hybridized carbons (Fsp3) is 0.500. The van der Waals surface area contributed by atoms with E-state index in [1.165, 1.54) is 23.5 Å². The number of hydrogen-bond acceptors (Lipinski definition) is 0. The van der Waals surface area contributed by atoms with Gasteiger partial charge in [-0.3, -0.25) is 0 Å². The number of allylic oxidation sites excluding steroid dienone is 2. The van der Waals surface area contributed by atoms with Crippen LogP contribution in [-0.2, 0) is 0 Å². The van der Waals surface area contributed by atoms with Gasteiger partial charge in [-0.25, -0.2) is 0 Å². The first-order valence-electron chi connectivity index (χ1n) is 3.21. The quantitative estimate of drug-likeness (QED) is 0.342. The van der Waals surface area contributed by atoms with Gasteiger partial charge in [-0.1, -0.05) is 0 Å². The molecule has 0 saturated heterocycles. The number of rotatable bonds is 6. The summed E-state index contributed by atoms with van der Waals surface area (Å²) in [6, 6.07) is 0. The van der Waals surface area contributed by atoms with Gasteiger partial charge in [0.25, 0.3) is 0 Å². The maximum absolute atomic E-state index is 3.67. The second kappa shape index (κ2) is 8.00. The molecule has 0 bridgehead atoms. The van der Waals surface area contributed by atoms with E-state index in [0.29, 0.717) is 0 Å². The molecule has 0 N–H and O–H groups in total. The monoisotopic (exact) mass is 190 g/mol. The van der Waals surface area contributed by atoms with Crippen molar-refractivity contribution >= 4 is 15.0 Å². The van der Waals surface area contributed by atoms with Crippen LogP contribution in [0.25, 0.3) is 0 Å². The van der Waals surface area contributed by atoms with Crippen LogP contribution in [0.4, 0.5) is 0 Å². The summed E-state index contributed by atoms with van der Waals surface area (Å²) in [5, 5.41) is 2.70. The summed E-state index contributed by atoms with van der Waals surface area (Å²) in [4.78, 5) is 0. The average Bonchev–Trinajstić information content (AvgIpc) is 1.89. The molecule has 0 aliphatic heterocycles. The van der Waals surface area contributed by atoms with Crippen molar-refractivity contribution < 1.29 is 0 Å². The van der Waals surface area contributed by atoms with Crippen molar-refractivity contribution in [3.05, 3.63) is 25.3 Å². The molecule has 0 heterocycles. The summed E-state index contributed by atoms with van der Waals surface area (Å²) >= 11 is 0.836. The fourth-order valence-electron chi connectivity index (χ4n) is 0.435. The Morgan fingerprint density at radius 1 is 1.00 bits per heavy atom. The van der Waals surface area contributed by atoms with Crippen molar-refractivity contribution in [1.82, 2.24) is 0 Å². The molecule has 0 aliphatic rings. The van der Waals surface area contributed by atoms with Gasteiger partial charge in [0.1, 0.15) is 0 Å². The van der Waals surface area contributed by atoms with Gasteiger partial charge in [-0.2, -0.15) is 0 Å². The Morgan fingerprint density at radius 3 is 1.78 bits per heavy atom. The van der Waals surface area contributed by atoms with Crippen molar-refractivity contribution in [3.63, 3.8) is 0 Å². The predicted molar refractivity (Wildman–Crippen MR) is 45.0 cm³/mol. The van der Waals surface area contributed by atoms with Crippen molar-refractivity contribution in [1.29, 1.82) is 0 Å². The first kappa shape index (κ1) is 9.00. The third kappa shape index (κ3) is 8.00. The molecular formula is C8H14Se. The Bertz CT molecular complexity index is 66.6. The molecule has 1 heteroatoms. The Balaban J connectivity index is 2.74. The van der Waals surface area contributed by atoms with Gasteiger partial charge in [0.05, 0.1) is 0 Å². The molecule has 0 fully saturated rings. The van der Waals surface area contributed by atoms with Gasteiger partial charge in [-0.15, -0.1) is 0 Å². The minimum absolute atomic E-state index is 0.836. The SMILES string of the molecule is C=CCC[Se]CCC=C. The Labute approximate surface area is 64.2 Å². The zero-order valence-electron chi connectivity index (χ0n) is 5.81. The molecule has 52 valence electrons. The molecule has 0 amide bonds. The van der Waals surface area contributed by atoms with E-state index in [-0.39, 0.29) is 0 Å². The molecule has 9 heavy (non-hydrogen) atoms. The third-order valence-electron chi connectivity index (χ3n) is 0.933. The van der Waals surface area contributed by atoms with Crippen LogP contribution in [0.2, 0.25) is 10.6 Å². The molecular weight excluding hydrogens is 175 g/mol. The second-order valence-corrected chi connectivity index (χ2v) is 4.34. The molecule has 0 aliphatic carbocycles. The van der Waals surface area contributed by atoms with E-state index < -0.39 is 0 Å². The normalized spacial score (nSPS) is 8.89. The topological polar surface area (TPSA) is 0 Å². The zero-order chi connectivity index (χ0) is 6.95. The molecule has 0 radical (unpaired) electrons. The molecule has 0 nitrogen and oxygen atoms in total. The van der Waals surface area contributed by atoms with E-state index in [4.69, 9.17) is 0 Å².